The number of nitrogens with zero attached hydrogens (tertiary/aromatic N) is 5. The van der Waals surface area contributed by atoms with Crippen LogP contribution in [0.3, 0.4) is 0 Å². The molecule has 1 N–H and O–H groups in total. The van der Waals surface area contributed by atoms with E-state index in [9.17, 15) is 22.8 Å². The lowest BCUT2D eigenvalue weighted by atomic mass is 10.2. The van der Waals surface area contributed by atoms with Gasteiger partial charge in [0.25, 0.3) is 5.56 Å². The summed E-state index contributed by atoms with van der Waals surface area (Å²) >= 11 is 5.61. The van der Waals surface area contributed by atoms with Gasteiger partial charge in [-0.15, -0.1) is 5.10 Å². The Balaban J connectivity index is 1.53. The van der Waals surface area contributed by atoms with E-state index >= 15 is 0 Å². The second kappa shape index (κ2) is 7.56. The van der Waals surface area contributed by atoms with E-state index in [1.807, 2.05) is 0 Å². The minimum atomic E-state index is -4.70. The van der Waals surface area contributed by atoms with Gasteiger partial charge in [0.2, 0.25) is 5.91 Å². The highest BCUT2D eigenvalue weighted by atomic mass is 35.5. The van der Waals surface area contributed by atoms with Crippen LogP contribution in [-0.4, -0.2) is 30.7 Å². The zero-order chi connectivity index (χ0) is 21.5. The zero-order valence-electron chi connectivity index (χ0n) is 15.2. The van der Waals surface area contributed by atoms with Crippen LogP contribution in [0.15, 0.2) is 41.3 Å². The Morgan fingerprint density at radius 3 is 2.73 bits per heavy atom. The van der Waals surface area contributed by atoms with Crippen LogP contribution in [0.25, 0.3) is 11.4 Å². The van der Waals surface area contributed by atoms with Gasteiger partial charge in [-0.3, -0.25) is 9.59 Å². The van der Waals surface area contributed by atoms with Crippen molar-refractivity contribution in [1.82, 2.24) is 24.8 Å². The molecule has 1 fully saturated rings. The topological polar surface area (TPSA) is 94.7 Å². The van der Waals surface area contributed by atoms with Gasteiger partial charge < -0.3 is 9.88 Å². The van der Waals surface area contributed by atoms with E-state index in [0.29, 0.717) is 33.9 Å². The van der Waals surface area contributed by atoms with Crippen LogP contribution < -0.4 is 10.9 Å². The number of nitrogens with one attached hydrogen (secondary N) is 1. The maximum atomic E-state index is 12.9. The molecule has 30 heavy (non-hydrogen) atoms. The third kappa shape index (κ3) is 4.20. The first-order valence-corrected chi connectivity index (χ1v) is 9.25. The zero-order valence-corrected chi connectivity index (χ0v) is 16.0. The minimum Gasteiger partial charge on any atom is -0.325 e. The van der Waals surface area contributed by atoms with E-state index in [1.165, 1.54) is 0 Å². The summed E-state index contributed by atoms with van der Waals surface area (Å²) in [6, 6.07) is 7.50. The second-order valence-electron chi connectivity index (χ2n) is 6.81. The maximum Gasteiger partial charge on any atom is 0.417 e. The van der Waals surface area contributed by atoms with Crippen LogP contribution in [0.5, 0.6) is 0 Å². The summed E-state index contributed by atoms with van der Waals surface area (Å²) in [5, 5.41) is 13.6. The SMILES string of the molecule is O=C(Cn1cc(C(F)(F)F)cc(Cl)c1=O)Nc1cccc(-c2nnnn2C2CC2)c1. The van der Waals surface area contributed by atoms with Crippen molar-refractivity contribution >= 4 is 23.2 Å². The lowest BCUT2D eigenvalue weighted by Crippen LogP contribution is -2.29. The van der Waals surface area contributed by atoms with Gasteiger partial charge in [0.1, 0.15) is 11.6 Å². The number of hydrogen-bond donors (Lipinski definition) is 1. The van der Waals surface area contributed by atoms with Crippen LogP contribution in [0.1, 0.15) is 24.4 Å². The average molecular weight is 439 g/mol. The van der Waals surface area contributed by atoms with Crippen molar-refractivity contribution in [2.24, 2.45) is 0 Å². The number of alkyl halides is 3. The molecule has 1 aliphatic carbocycles. The van der Waals surface area contributed by atoms with Gasteiger partial charge >= 0.3 is 6.18 Å². The molecule has 1 aromatic carbocycles. The summed E-state index contributed by atoms with van der Waals surface area (Å²) in [5.41, 5.74) is -0.955. The van der Waals surface area contributed by atoms with Crippen molar-refractivity contribution in [2.75, 3.05) is 5.32 Å². The molecule has 156 valence electrons. The number of carbonyl (C=O) groups is 1. The number of carbonyl (C=O) groups excluding carboxylic acids is 1. The van der Waals surface area contributed by atoms with Crippen molar-refractivity contribution in [2.45, 2.75) is 31.6 Å². The summed E-state index contributed by atoms with van der Waals surface area (Å²) < 4.78 is 41.2. The molecule has 3 aromatic rings. The first-order valence-electron chi connectivity index (χ1n) is 8.88. The first-order chi connectivity index (χ1) is 14.2. The van der Waals surface area contributed by atoms with Crippen molar-refractivity contribution in [3.05, 3.63) is 57.5 Å². The molecule has 0 spiro atoms. The van der Waals surface area contributed by atoms with Crippen molar-refractivity contribution < 1.29 is 18.0 Å². The van der Waals surface area contributed by atoms with Crippen LogP contribution in [-0.2, 0) is 17.5 Å². The average Bonchev–Trinajstić information content (AvgIpc) is 3.41. The number of halogens is 4. The summed E-state index contributed by atoms with van der Waals surface area (Å²) in [7, 11) is 0. The molecule has 12 heteroatoms. The van der Waals surface area contributed by atoms with E-state index in [1.54, 1.807) is 28.9 Å². The summed E-state index contributed by atoms with van der Waals surface area (Å²) in [6.45, 7) is -0.632. The number of anilines is 1. The summed E-state index contributed by atoms with van der Waals surface area (Å²) in [4.78, 5) is 24.4. The molecule has 1 saturated carbocycles. The highest BCUT2D eigenvalue weighted by molar-refractivity contribution is 6.30. The predicted octanol–water partition coefficient (Wildman–Crippen LogP) is 3.15. The first kappa shape index (κ1) is 20.1. The molecule has 0 aliphatic heterocycles. The molecule has 0 radical (unpaired) electrons. The number of hydrogen-bond acceptors (Lipinski definition) is 5. The second-order valence-corrected chi connectivity index (χ2v) is 7.22. The fourth-order valence-electron chi connectivity index (χ4n) is 2.91. The Hall–Kier alpha value is -3.21. The maximum absolute atomic E-state index is 12.9. The Morgan fingerprint density at radius 2 is 2.03 bits per heavy atom. The van der Waals surface area contributed by atoms with E-state index in [-0.39, 0.29) is 6.04 Å². The Morgan fingerprint density at radius 1 is 1.27 bits per heavy atom. The molecule has 2 aromatic heterocycles. The quantitative estimate of drug-likeness (QED) is 0.660. The van der Waals surface area contributed by atoms with Gasteiger partial charge in [-0.2, -0.15) is 13.2 Å². The van der Waals surface area contributed by atoms with Gasteiger partial charge in [-0.05, 0) is 41.5 Å². The molecule has 8 nitrogen and oxygen atoms in total. The summed E-state index contributed by atoms with van der Waals surface area (Å²) in [6.07, 6.45) is -2.16. The number of rotatable bonds is 5. The highest BCUT2D eigenvalue weighted by Crippen LogP contribution is 2.36. The standard InChI is InChI=1S/C18H14ClF3N6O2/c19-14-7-11(18(20,21)22)8-27(17(14)30)9-15(29)23-12-3-1-2-10(6-12)16-24-25-26-28(16)13-4-5-13/h1-3,6-8,13H,4-5,9H2,(H,23,29). The lowest BCUT2D eigenvalue weighted by molar-refractivity contribution is -0.138. The molecule has 0 unspecified atom stereocenters. The van der Waals surface area contributed by atoms with Gasteiger partial charge in [-0.25, -0.2) is 4.68 Å². The lowest BCUT2D eigenvalue weighted by Gasteiger charge is -2.12. The van der Waals surface area contributed by atoms with E-state index in [4.69, 9.17) is 11.6 Å². The van der Waals surface area contributed by atoms with Crippen LogP contribution >= 0.6 is 11.6 Å². The van der Waals surface area contributed by atoms with Crippen LogP contribution in [0.4, 0.5) is 18.9 Å². The molecule has 4 rings (SSSR count). The normalized spacial score (nSPS) is 14.0. The van der Waals surface area contributed by atoms with Gasteiger partial charge in [0, 0.05) is 17.4 Å². The van der Waals surface area contributed by atoms with Gasteiger partial charge in [0.15, 0.2) is 5.82 Å². The van der Waals surface area contributed by atoms with Crippen molar-refractivity contribution in [1.29, 1.82) is 0 Å². The van der Waals surface area contributed by atoms with E-state index in [2.05, 4.69) is 20.8 Å². The highest BCUT2D eigenvalue weighted by Gasteiger charge is 2.32. The van der Waals surface area contributed by atoms with Crippen molar-refractivity contribution in [3.63, 3.8) is 0 Å². The molecular weight excluding hydrogens is 425 g/mol. The molecular formula is C18H14ClF3N6O2. The smallest absolute Gasteiger partial charge is 0.325 e. The molecule has 0 saturated heterocycles. The van der Waals surface area contributed by atoms with Crippen LogP contribution in [0, 0.1) is 0 Å². The fourth-order valence-corrected chi connectivity index (χ4v) is 3.14. The van der Waals surface area contributed by atoms with E-state index < -0.39 is 34.8 Å². The van der Waals surface area contributed by atoms with Crippen LogP contribution in [0.2, 0.25) is 5.02 Å². The minimum absolute atomic E-state index is 0.255. The molecule has 1 aliphatic rings. The molecule has 2 heterocycles. The number of tetrazole rings is 1. The molecule has 0 bridgehead atoms. The number of aromatic nitrogens is 5. The number of amides is 1. The van der Waals surface area contributed by atoms with Gasteiger partial charge in [-0.1, -0.05) is 23.7 Å². The predicted molar refractivity (Wildman–Crippen MR) is 101 cm³/mol. The third-order valence-electron chi connectivity index (χ3n) is 4.47. The van der Waals surface area contributed by atoms with Gasteiger partial charge in [0.05, 0.1) is 11.6 Å². The number of pyridine rings is 1. The molecule has 0 atom stereocenters. The number of benzene rings is 1. The molecule has 1 amide bonds. The fraction of sp³-hybridized carbons (Fsp3) is 0.278. The van der Waals surface area contributed by atoms with Crippen molar-refractivity contribution in [3.8, 4) is 11.4 Å². The third-order valence-corrected chi connectivity index (χ3v) is 4.74. The Labute approximate surface area is 172 Å². The summed E-state index contributed by atoms with van der Waals surface area (Å²) in [5.74, 6) is -0.138. The monoisotopic (exact) mass is 438 g/mol. The van der Waals surface area contributed by atoms with E-state index in [0.717, 1.165) is 12.8 Å². The Kier molecular flexibility index (Phi) is 5.06. The Bertz CT molecular complexity index is 1170. The largest absolute Gasteiger partial charge is 0.417 e.